The molecule has 3 aromatic carbocycles. The van der Waals surface area contributed by atoms with Gasteiger partial charge in [-0.3, -0.25) is 8.77 Å². The van der Waals surface area contributed by atoms with Crippen molar-refractivity contribution in [3.8, 4) is 5.69 Å². The minimum Gasteiger partial charge on any atom is -0.383 e. The van der Waals surface area contributed by atoms with Gasteiger partial charge in [0.05, 0.1) is 48.9 Å². The summed E-state index contributed by atoms with van der Waals surface area (Å²) in [5.41, 5.74) is 10.6. The van der Waals surface area contributed by atoms with Crippen LogP contribution < -0.4 is 5.73 Å². The second-order valence-corrected chi connectivity index (χ2v) is 11.0. The fourth-order valence-electron chi connectivity index (χ4n) is 4.43. The number of benzene rings is 3. The van der Waals surface area contributed by atoms with Gasteiger partial charge in [-0.1, -0.05) is 40.9 Å². The molecule has 6 rings (SSSR count). The molecule has 0 aliphatic heterocycles. The Hall–Kier alpha value is -3.92. The lowest BCUT2D eigenvalue weighted by Gasteiger charge is -2.11. The third-order valence-corrected chi connectivity index (χ3v) is 8.55. The van der Waals surface area contributed by atoms with Crippen molar-refractivity contribution >= 4 is 67.7 Å². The van der Waals surface area contributed by atoms with E-state index < -0.39 is 16.8 Å². The number of imidazole rings is 1. The molecule has 0 bridgehead atoms. The number of halogens is 2. The maximum Gasteiger partial charge on any atom is 0.215 e. The van der Waals surface area contributed by atoms with Crippen LogP contribution in [0.15, 0.2) is 71.8 Å². The third kappa shape index (κ3) is 3.91. The molecule has 0 saturated carbocycles. The minimum absolute atomic E-state index is 0.146. The number of H-pyrrole nitrogens is 1. The first-order valence-corrected chi connectivity index (χ1v) is 13.4. The number of nitrogens with zero attached hydrogens (tertiary/aromatic N) is 4. The maximum absolute atomic E-state index is 13.9. The Morgan fingerprint density at radius 3 is 2.55 bits per heavy atom. The number of nitrogens with one attached hydrogen (secondary N) is 1. The van der Waals surface area contributed by atoms with Crippen LogP contribution in [-0.4, -0.2) is 33.7 Å². The van der Waals surface area contributed by atoms with Gasteiger partial charge in [-0.05, 0) is 62.4 Å². The van der Waals surface area contributed by atoms with E-state index in [2.05, 4.69) is 15.1 Å². The molecule has 0 saturated heterocycles. The van der Waals surface area contributed by atoms with Gasteiger partial charge < -0.3 is 10.7 Å². The zero-order chi connectivity index (χ0) is 26.7. The minimum atomic E-state index is -1.75. The number of anilines is 1. The summed E-state index contributed by atoms with van der Waals surface area (Å²) in [6.45, 7) is 3.82. The van der Waals surface area contributed by atoms with Gasteiger partial charge in [0.15, 0.2) is 11.0 Å². The quantitative estimate of drug-likeness (QED) is 0.250. The smallest absolute Gasteiger partial charge is 0.215 e. The van der Waals surface area contributed by atoms with Crippen molar-refractivity contribution < 1.29 is 9.00 Å². The van der Waals surface area contributed by atoms with Gasteiger partial charge in [-0.25, -0.2) is 13.9 Å². The number of hydrogen-bond donors (Lipinski definition) is 2. The Kier molecular flexibility index (Phi) is 5.86. The molecular weight excluding hydrogens is 543 g/mol. The van der Waals surface area contributed by atoms with E-state index in [-0.39, 0.29) is 22.1 Å². The molecule has 3 N–H and O–H groups in total. The zero-order valence-electron chi connectivity index (χ0n) is 20.2. The summed E-state index contributed by atoms with van der Waals surface area (Å²) < 4.78 is 16.7. The number of ketones is 1. The summed E-state index contributed by atoms with van der Waals surface area (Å²) in [4.78, 5) is 22.0. The standard InChI is InChI=1S/C27H20Cl2N6O2S/c1-14-3-6-17(7-4-14)38(37)35-23-10-8-20(28)25(29)18(23)12-24(35)26(36)19-13-31-34(27(19)30)16-5-9-21-22(11-16)33-15(2)32-21/h3-13H,30H2,1-2H3,(H,32,33). The molecular formula is C27H20Cl2N6O2S. The second kappa shape index (κ2) is 9.13. The lowest BCUT2D eigenvalue weighted by Crippen LogP contribution is -2.15. The molecule has 1 atom stereocenters. The summed E-state index contributed by atoms with van der Waals surface area (Å²) >= 11 is 12.8. The van der Waals surface area contributed by atoms with Crippen molar-refractivity contribution in [3.05, 3.63) is 99.6 Å². The van der Waals surface area contributed by atoms with Crippen LogP contribution in [0.25, 0.3) is 27.6 Å². The number of aromatic nitrogens is 5. The SMILES string of the molecule is Cc1ccc(S(=O)n2c(C(=O)c3cnn(-c4ccc5nc(C)[nH]c5c4)c3N)cc3c(Cl)c(Cl)ccc32)cc1. The number of carbonyl (C=O) groups is 1. The van der Waals surface area contributed by atoms with E-state index in [1.807, 2.05) is 44.2 Å². The number of nitrogen functional groups attached to an aromatic ring is 1. The van der Waals surface area contributed by atoms with Crippen LogP contribution in [0.1, 0.15) is 27.4 Å². The highest BCUT2D eigenvalue weighted by Gasteiger charge is 2.26. The molecule has 6 aromatic rings. The highest BCUT2D eigenvalue weighted by molar-refractivity contribution is 7.83. The summed E-state index contributed by atoms with van der Waals surface area (Å²) in [6.07, 6.45) is 1.41. The number of fused-ring (bicyclic) bond motifs is 2. The number of nitrogens with two attached hydrogens (primary N) is 1. The fraction of sp³-hybridized carbons (Fsp3) is 0.0741. The van der Waals surface area contributed by atoms with Crippen LogP contribution in [0.5, 0.6) is 0 Å². The van der Waals surface area contributed by atoms with Crippen LogP contribution in [-0.2, 0) is 11.0 Å². The number of aromatic amines is 1. The molecule has 0 spiro atoms. The van der Waals surface area contributed by atoms with E-state index in [1.54, 1.807) is 30.3 Å². The van der Waals surface area contributed by atoms with E-state index in [4.69, 9.17) is 28.9 Å². The lowest BCUT2D eigenvalue weighted by atomic mass is 10.1. The summed E-state index contributed by atoms with van der Waals surface area (Å²) in [7, 11) is -1.75. The van der Waals surface area contributed by atoms with Crippen LogP contribution in [0.3, 0.4) is 0 Å². The Bertz CT molecular complexity index is 1920. The summed E-state index contributed by atoms with van der Waals surface area (Å²) in [5, 5.41) is 5.48. The van der Waals surface area contributed by atoms with E-state index in [9.17, 15) is 9.00 Å². The van der Waals surface area contributed by atoms with Crippen LogP contribution in [0.4, 0.5) is 5.82 Å². The van der Waals surface area contributed by atoms with Gasteiger partial charge in [0.25, 0.3) is 0 Å². The van der Waals surface area contributed by atoms with E-state index in [0.29, 0.717) is 26.5 Å². The molecule has 8 nitrogen and oxygen atoms in total. The molecule has 1 unspecified atom stereocenters. The summed E-state index contributed by atoms with van der Waals surface area (Å²) in [5.74, 6) is 0.485. The molecule has 0 fully saturated rings. The van der Waals surface area contributed by atoms with Gasteiger partial charge in [-0.15, -0.1) is 0 Å². The molecule has 3 heterocycles. The number of aryl methyl sites for hydroxylation is 2. The Morgan fingerprint density at radius 2 is 1.79 bits per heavy atom. The molecule has 0 aliphatic rings. The number of hydrogen-bond acceptors (Lipinski definition) is 5. The monoisotopic (exact) mass is 562 g/mol. The van der Waals surface area contributed by atoms with Gasteiger partial charge >= 0.3 is 0 Å². The average Bonchev–Trinajstić information content (AvgIpc) is 3.59. The number of rotatable bonds is 5. The lowest BCUT2D eigenvalue weighted by molar-refractivity contribution is 0.103. The van der Waals surface area contributed by atoms with Gasteiger partial charge in [-0.2, -0.15) is 5.10 Å². The maximum atomic E-state index is 13.9. The second-order valence-electron chi connectivity index (χ2n) is 8.89. The van der Waals surface area contributed by atoms with E-state index in [0.717, 1.165) is 22.4 Å². The Morgan fingerprint density at radius 1 is 1.03 bits per heavy atom. The van der Waals surface area contributed by atoms with E-state index in [1.165, 1.54) is 14.9 Å². The van der Waals surface area contributed by atoms with Gasteiger partial charge in [0, 0.05) is 5.39 Å². The van der Waals surface area contributed by atoms with E-state index >= 15 is 0 Å². The van der Waals surface area contributed by atoms with Crippen LogP contribution >= 0.6 is 23.2 Å². The van der Waals surface area contributed by atoms with Crippen molar-refractivity contribution in [2.45, 2.75) is 18.7 Å². The fourth-order valence-corrected chi connectivity index (χ4v) is 6.04. The largest absolute Gasteiger partial charge is 0.383 e. The number of carbonyl (C=O) groups excluding carboxylic acids is 1. The van der Waals surface area contributed by atoms with Crippen molar-refractivity contribution in [2.24, 2.45) is 0 Å². The third-order valence-electron chi connectivity index (χ3n) is 6.33. The van der Waals surface area contributed by atoms with Crippen LogP contribution in [0.2, 0.25) is 10.0 Å². The molecule has 0 radical (unpaired) electrons. The van der Waals surface area contributed by atoms with Gasteiger partial charge in [0.1, 0.15) is 17.3 Å². The van der Waals surface area contributed by atoms with Gasteiger partial charge in [0.2, 0.25) is 5.78 Å². The highest BCUT2D eigenvalue weighted by Crippen LogP contribution is 2.35. The van der Waals surface area contributed by atoms with Crippen molar-refractivity contribution in [1.82, 2.24) is 23.7 Å². The molecule has 0 aliphatic carbocycles. The van der Waals surface area contributed by atoms with Crippen molar-refractivity contribution in [2.75, 3.05) is 5.73 Å². The topological polar surface area (TPSA) is 112 Å². The molecule has 190 valence electrons. The van der Waals surface area contributed by atoms with Crippen molar-refractivity contribution in [3.63, 3.8) is 0 Å². The zero-order valence-corrected chi connectivity index (χ0v) is 22.5. The highest BCUT2D eigenvalue weighted by atomic mass is 35.5. The first kappa shape index (κ1) is 24.4. The predicted octanol–water partition coefficient (Wildman–Crippen LogP) is 6.01. The Balaban J connectivity index is 1.49. The van der Waals surface area contributed by atoms with Crippen LogP contribution in [0, 0.1) is 13.8 Å². The molecule has 38 heavy (non-hydrogen) atoms. The molecule has 3 aromatic heterocycles. The normalized spacial score (nSPS) is 12.4. The molecule has 0 amide bonds. The first-order chi connectivity index (χ1) is 18.2. The predicted molar refractivity (Wildman–Crippen MR) is 151 cm³/mol. The average molecular weight is 563 g/mol. The van der Waals surface area contributed by atoms with Crippen molar-refractivity contribution in [1.29, 1.82) is 0 Å². The first-order valence-electron chi connectivity index (χ1n) is 11.6. The summed E-state index contributed by atoms with van der Waals surface area (Å²) in [6, 6.07) is 17.7. The Labute approximate surface area is 229 Å². The molecule has 11 heteroatoms.